The Kier molecular flexibility index (Phi) is 6.62. The van der Waals surface area contributed by atoms with Crippen molar-refractivity contribution in [2.45, 2.75) is 24.9 Å². The second kappa shape index (κ2) is 9.01. The van der Waals surface area contributed by atoms with Gasteiger partial charge in [0.2, 0.25) is 6.73 Å². The Balaban J connectivity index is 1.61. The number of hydrogen-bond donors (Lipinski definition) is 0. The molecule has 3 nitrogen and oxygen atoms in total. The van der Waals surface area contributed by atoms with E-state index in [0.29, 0.717) is 29.4 Å². The third kappa shape index (κ3) is 5.28. The third-order valence-corrected chi connectivity index (χ3v) is 5.90. The molecule has 0 saturated carbocycles. The largest absolute Gasteiger partial charge is 0.445 e. The zero-order valence-corrected chi connectivity index (χ0v) is 17.5. The van der Waals surface area contributed by atoms with Gasteiger partial charge in [0.15, 0.2) is 0 Å². The van der Waals surface area contributed by atoms with E-state index in [1.54, 1.807) is 0 Å². The average Bonchev–Trinajstić information content (AvgIpc) is 2.73. The molecule has 3 rings (SSSR count). The fourth-order valence-corrected chi connectivity index (χ4v) is 3.97. The Labute approximate surface area is 176 Å². The van der Waals surface area contributed by atoms with Gasteiger partial charge < -0.3 is 9.64 Å². The molecule has 1 aliphatic heterocycles. The van der Waals surface area contributed by atoms with Gasteiger partial charge in [-0.25, -0.2) is 0 Å². The first-order chi connectivity index (χ1) is 14.2. The third-order valence-electron chi connectivity index (χ3n) is 5.90. The summed E-state index contributed by atoms with van der Waals surface area (Å²) in [6.45, 7) is 2.67. The van der Waals surface area contributed by atoms with Crippen molar-refractivity contribution in [1.29, 1.82) is 0 Å². The number of likely N-dealkylation sites (tertiary alicyclic amines) is 1. The summed E-state index contributed by atoms with van der Waals surface area (Å²) >= 11 is 0. The lowest BCUT2D eigenvalue weighted by Crippen LogP contribution is -2.55. The molecule has 0 radical (unpaired) electrons. The van der Waals surface area contributed by atoms with Crippen molar-refractivity contribution in [2.24, 2.45) is 0 Å². The number of anilines is 1. The van der Waals surface area contributed by atoms with Gasteiger partial charge in [-0.3, -0.25) is 4.48 Å². The molecule has 30 heavy (non-hydrogen) atoms. The highest BCUT2D eigenvalue weighted by Crippen LogP contribution is 2.33. The van der Waals surface area contributed by atoms with E-state index in [0.717, 1.165) is 38.1 Å². The molecule has 1 fully saturated rings. The molecule has 0 amide bonds. The van der Waals surface area contributed by atoms with Crippen molar-refractivity contribution in [3.8, 4) is 18.1 Å². The molecule has 2 aromatic rings. The summed E-state index contributed by atoms with van der Waals surface area (Å²) in [5, 5.41) is 0. The predicted molar refractivity (Wildman–Crippen MR) is 113 cm³/mol. The van der Waals surface area contributed by atoms with Crippen molar-refractivity contribution in [3.05, 3.63) is 59.7 Å². The summed E-state index contributed by atoms with van der Waals surface area (Å²) in [6.07, 6.45) is 3.28. The lowest BCUT2D eigenvalue weighted by Gasteiger charge is -2.42. The van der Waals surface area contributed by atoms with E-state index in [-0.39, 0.29) is 0 Å². The minimum atomic E-state index is -4.34. The van der Waals surface area contributed by atoms with Gasteiger partial charge in [0.05, 0.1) is 18.7 Å². The minimum absolute atomic E-state index is 0.363. The van der Waals surface area contributed by atoms with Gasteiger partial charge in [-0.05, 0) is 53.8 Å². The lowest BCUT2D eigenvalue weighted by atomic mass is 9.88. The second-order valence-electron chi connectivity index (χ2n) is 8.21. The average molecular weight is 417 g/mol. The predicted octanol–water partition coefficient (Wildman–Crippen LogP) is 5.14. The van der Waals surface area contributed by atoms with Crippen LogP contribution in [0.2, 0.25) is 0 Å². The van der Waals surface area contributed by atoms with E-state index >= 15 is 0 Å². The standard InChI is InChI=1S/C24H28F3N2O/c1-4-15-29(18-30-23-11-7-21(8-12-23)24(25,26)27)16-13-20(14-17-29)19-5-9-22(10-6-19)28(2)3/h1,5-12,20H,13-18H2,2-3H3/q+1/t20-,29-. The zero-order chi connectivity index (χ0) is 21.8. The number of terminal acetylenes is 1. The zero-order valence-electron chi connectivity index (χ0n) is 17.5. The van der Waals surface area contributed by atoms with Crippen LogP contribution in [0.3, 0.4) is 0 Å². The van der Waals surface area contributed by atoms with E-state index in [4.69, 9.17) is 11.2 Å². The fraction of sp³-hybridized carbons (Fsp3) is 0.417. The smallest absolute Gasteiger partial charge is 0.416 e. The first-order valence-corrected chi connectivity index (χ1v) is 10.1. The van der Waals surface area contributed by atoms with Crippen molar-refractivity contribution >= 4 is 5.69 Å². The van der Waals surface area contributed by atoms with Gasteiger partial charge in [0, 0.05) is 32.6 Å². The molecule has 0 unspecified atom stereocenters. The first-order valence-electron chi connectivity index (χ1n) is 10.1. The second-order valence-corrected chi connectivity index (χ2v) is 8.21. The number of alkyl halides is 3. The summed E-state index contributed by atoms with van der Waals surface area (Å²) in [5.41, 5.74) is 1.84. The molecule has 0 atom stereocenters. The maximum Gasteiger partial charge on any atom is 0.416 e. The van der Waals surface area contributed by atoms with Crippen LogP contribution in [0.15, 0.2) is 48.5 Å². The Bertz CT molecular complexity index is 859. The van der Waals surface area contributed by atoms with Gasteiger partial charge in [0.1, 0.15) is 12.3 Å². The number of nitrogens with zero attached hydrogens (tertiary/aromatic N) is 2. The van der Waals surface area contributed by atoms with E-state index in [1.165, 1.54) is 23.4 Å². The monoisotopic (exact) mass is 417 g/mol. The van der Waals surface area contributed by atoms with Crippen molar-refractivity contribution in [3.63, 3.8) is 0 Å². The van der Waals surface area contributed by atoms with Gasteiger partial charge in [-0.1, -0.05) is 12.1 Å². The maximum absolute atomic E-state index is 12.7. The lowest BCUT2D eigenvalue weighted by molar-refractivity contribution is -0.940. The topological polar surface area (TPSA) is 12.5 Å². The SMILES string of the molecule is C#CC[N@+]1(COc2ccc(C(F)(F)F)cc2)CC[C@H](c2ccc(N(C)C)cc2)CC1. The number of hydrogen-bond acceptors (Lipinski definition) is 2. The summed E-state index contributed by atoms with van der Waals surface area (Å²) < 4.78 is 44.7. The van der Waals surface area contributed by atoms with E-state index in [9.17, 15) is 13.2 Å². The van der Waals surface area contributed by atoms with Gasteiger partial charge in [0.25, 0.3) is 0 Å². The Morgan fingerprint density at radius 1 is 1.03 bits per heavy atom. The first kappa shape index (κ1) is 22.0. The number of ether oxygens (including phenoxy) is 1. The molecule has 0 aliphatic carbocycles. The molecular formula is C24H28F3N2O+. The number of halogens is 3. The summed E-state index contributed by atoms with van der Waals surface area (Å²) in [5.74, 6) is 3.67. The summed E-state index contributed by atoms with van der Waals surface area (Å²) in [6, 6.07) is 13.5. The summed E-state index contributed by atoms with van der Waals surface area (Å²) in [4.78, 5) is 2.08. The molecule has 0 aromatic heterocycles. The minimum Gasteiger partial charge on any atom is -0.445 e. The van der Waals surface area contributed by atoms with Crippen molar-refractivity contribution in [1.82, 2.24) is 0 Å². The normalized spacial score (nSPS) is 21.7. The fourth-order valence-electron chi connectivity index (χ4n) is 3.97. The highest BCUT2D eigenvalue weighted by atomic mass is 19.4. The van der Waals surface area contributed by atoms with Crippen LogP contribution in [0.1, 0.15) is 29.9 Å². The molecule has 1 saturated heterocycles. The molecule has 0 bridgehead atoms. The van der Waals surface area contributed by atoms with Crippen LogP contribution >= 0.6 is 0 Å². The van der Waals surface area contributed by atoms with E-state index < -0.39 is 11.7 Å². The quantitative estimate of drug-likeness (QED) is 0.477. The van der Waals surface area contributed by atoms with E-state index in [1.807, 2.05) is 14.1 Å². The Morgan fingerprint density at radius 2 is 1.63 bits per heavy atom. The number of rotatable bonds is 6. The van der Waals surface area contributed by atoms with Crippen LogP contribution < -0.4 is 9.64 Å². The molecule has 160 valence electrons. The van der Waals surface area contributed by atoms with Crippen molar-refractivity contribution < 1.29 is 22.4 Å². The van der Waals surface area contributed by atoms with Crippen LogP contribution in [0, 0.1) is 12.3 Å². The molecule has 1 aliphatic rings. The maximum atomic E-state index is 12.7. The molecular weight excluding hydrogens is 389 g/mol. The molecule has 0 spiro atoms. The highest BCUT2D eigenvalue weighted by Gasteiger charge is 2.35. The van der Waals surface area contributed by atoms with Crippen LogP contribution in [-0.2, 0) is 6.18 Å². The van der Waals surface area contributed by atoms with E-state index in [2.05, 4.69) is 35.1 Å². The Hall–Kier alpha value is -2.65. The molecule has 0 N–H and O–H groups in total. The van der Waals surface area contributed by atoms with Gasteiger partial charge >= 0.3 is 6.18 Å². The highest BCUT2D eigenvalue weighted by molar-refractivity contribution is 5.46. The van der Waals surface area contributed by atoms with Crippen LogP contribution in [0.4, 0.5) is 18.9 Å². The number of quaternary nitrogens is 1. The summed E-state index contributed by atoms with van der Waals surface area (Å²) in [7, 11) is 4.05. The van der Waals surface area contributed by atoms with Gasteiger partial charge in [-0.2, -0.15) is 13.2 Å². The Morgan fingerprint density at radius 3 is 2.13 bits per heavy atom. The molecule has 6 heteroatoms. The molecule has 2 aromatic carbocycles. The van der Waals surface area contributed by atoms with Crippen molar-refractivity contribution in [2.75, 3.05) is 45.4 Å². The number of piperidine rings is 1. The molecule has 1 heterocycles. The van der Waals surface area contributed by atoms with Crippen LogP contribution in [-0.4, -0.2) is 44.9 Å². The van der Waals surface area contributed by atoms with Crippen LogP contribution in [0.5, 0.6) is 5.75 Å². The number of benzene rings is 2. The van der Waals surface area contributed by atoms with Gasteiger partial charge in [-0.15, -0.1) is 6.42 Å². The van der Waals surface area contributed by atoms with Crippen LogP contribution in [0.25, 0.3) is 0 Å².